The predicted molar refractivity (Wildman–Crippen MR) is 117 cm³/mol. The number of benzene rings is 2. The van der Waals surface area contributed by atoms with Crippen molar-refractivity contribution in [2.75, 3.05) is 5.32 Å². The van der Waals surface area contributed by atoms with Crippen LogP contribution >= 0.6 is 0 Å². The number of fused-ring (bicyclic) bond motifs is 2. The Morgan fingerprint density at radius 3 is 2.58 bits per heavy atom. The smallest absolute Gasteiger partial charge is 0.419 e. The zero-order chi connectivity index (χ0) is 24.1. The molecule has 0 spiro atoms. The van der Waals surface area contributed by atoms with E-state index in [0.717, 1.165) is 6.07 Å². The lowest BCUT2D eigenvalue weighted by molar-refractivity contribution is -0.272. The molecule has 0 aliphatic heterocycles. The number of rotatable bonds is 4. The Kier molecular flexibility index (Phi) is 5.64. The van der Waals surface area contributed by atoms with Crippen LogP contribution in [0.15, 0.2) is 41.2 Å². The maximum Gasteiger partial charge on any atom is 0.419 e. The summed E-state index contributed by atoms with van der Waals surface area (Å²) in [6, 6.07) is 6.54. The standard InChI is InChI=1S/C24H24F4N2O3/c1-3-12-11-23(33,24(26,27)28)22(15-10-16(25)13(4-2)21(32)20(12)15)30-18-7-5-6-17-14(18)8-9-19(31)29-17/h5-10,12,22,30,32-33H,3-4,11H2,1-2H3,(H,29,31)/t12-,22?,23+/m0/s1. The maximum absolute atomic E-state index is 14.8. The highest BCUT2D eigenvalue weighted by Crippen LogP contribution is 2.56. The van der Waals surface area contributed by atoms with Gasteiger partial charge in [0.05, 0.1) is 11.6 Å². The van der Waals surface area contributed by atoms with Gasteiger partial charge in [-0.1, -0.05) is 19.9 Å². The molecule has 1 unspecified atom stereocenters. The number of H-pyrrole nitrogens is 1. The van der Waals surface area contributed by atoms with Gasteiger partial charge in [-0.3, -0.25) is 4.79 Å². The summed E-state index contributed by atoms with van der Waals surface area (Å²) in [6.07, 6.45) is -5.35. The number of anilines is 1. The minimum Gasteiger partial charge on any atom is -0.507 e. The number of hydrogen-bond acceptors (Lipinski definition) is 4. The molecule has 3 atom stereocenters. The van der Waals surface area contributed by atoms with Crippen LogP contribution in [0.3, 0.4) is 0 Å². The molecule has 1 aliphatic rings. The summed E-state index contributed by atoms with van der Waals surface area (Å²) in [7, 11) is 0. The van der Waals surface area contributed by atoms with E-state index in [9.17, 15) is 32.6 Å². The summed E-state index contributed by atoms with van der Waals surface area (Å²) < 4.78 is 57.7. The first-order chi connectivity index (χ1) is 15.5. The van der Waals surface area contributed by atoms with Crippen molar-refractivity contribution in [2.24, 2.45) is 0 Å². The summed E-state index contributed by atoms with van der Waals surface area (Å²) in [5.41, 5.74) is -2.88. The highest BCUT2D eigenvalue weighted by Gasteiger charge is 2.62. The van der Waals surface area contributed by atoms with E-state index in [-0.39, 0.29) is 46.5 Å². The van der Waals surface area contributed by atoms with E-state index >= 15 is 0 Å². The third kappa shape index (κ3) is 3.64. The summed E-state index contributed by atoms with van der Waals surface area (Å²) in [6.45, 7) is 3.31. The molecule has 33 heavy (non-hydrogen) atoms. The Balaban J connectivity index is 1.97. The van der Waals surface area contributed by atoms with Crippen LogP contribution in [-0.2, 0) is 6.42 Å². The number of nitrogens with one attached hydrogen (secondary N) is 2. The monoisotopic (exact) mass is 464 g/mol. The average Bonchev–Trinajstić information content (AvgIpc) is 2.74. The minimum atomic E-state index is -5.04. The molecule has 3 aromatic rings. The summed E-state index contributed by atoms with van der Waals surface area (Å²) >= 11 is 0. The Morgan fingerprint density at radius 1 is 1.21 bits per heavy atom. The predicted octanol–water partition coefficient (Wildman–Crippen LogP) is 5.28. The molecule has 0 saturated carbocycles. The molecule has 1 aromatic heterocycles. The lowest BCUT2D eigenvalue weighted by Gasteiger charge is -2.46. The quantitative estimate of drug-likeness (QED) is 0.396. The van der Waals surface area contributed by atoms with Crippen molar-refractivity contribution in [2.45, 2.75) is 56.8 Å². The van der Waals surface area contributed by atoms with Crippen LogP contribution in [-0.4, -0.2) is 27.0 Å². The van der Waals surface area contributed by atoms with E-state index in [4.69, 9.17) is 0 Å². The van der Waals surface area contributed by atoms with Crippen molar-refractivity contribution in [1.82, 2.24) is 4.98 Å². The van der Waals surface area contributed by atoms with E-state index in [2.05, 4.69) is 10.3 Å². The molecular weight excluding hydrogens is 440 g/mol. The van der Waals surface area contributed by atoms with Gasteiger partial charge >= 0.3 is 6.18 Å². The van der Waals surface area contributed by atoms with Crippen molar-refractivity contribution < 1.29 is 27.8 Å². The Hall–Kier alpha value is -3.07. The van der Waals surface area contributed by atoms with Crippen LogP contribution in [0.25, 0.3) is 10.9 Å². The number of pyridine rings is 1. The van der Waals surface area contributed by atoms with Crippen LogP contribution in [0.1, 0.15) is 55.3 Å². The Bertz CT molecular complexity index is 1270. The van der Waals surface area contributed by atoms with Crippen LogP contribution in [0, 0.1) is 5.82 Å². The second kappa shape index (κ2) is 8.06. The fourth-order valence-corrected chi connectivity index (χ4v) is 4.86. The van der Waals surface area contributed by atoms with Crippen molar-refractivity contribution in [3.8, 4) is 5.75 Å². The fraction of sp³-hybridized carbons (Fsp3) is 0.375. The number of phenolic OH excluding ortho intramolecular Hbond substituents is 1. The van der Waals surface area contributed by atoms with Crippen LogP contribution in [0.4, 0.5) is 23.2 Å². The fourth-order valence-electron chi connectivity index (χ4n) is 4.86. The summed E-state index contributed by atoms with van der Waals surface area (Å²) in [5, 5.41) is 25.0. The van der Waals surface area contributed by atoms with Gasteiger partial charge in [-0.25, -0.2) is 4.39 Å². The van der Waals surface area contributed by atoms with Crippen LogP contribution < -0.4 is 10.9 Å². The van der Waals surface area contributed by atoms with Gasteiger partial charge in [-0.2, -0.15) is 13.2 Å². The number of aromatic nitrogens is 1. The number of halogens is 4. The molecule has 0 radical (unpaired) electrons. The number of phenols is 1. The normalized spacial score (nSPS) is 22.9. The number of aliphatic hydroxyl groups is 1. The SMILES string of the molecule is CCc1c(F)cc2c(c1O)[C@@H](CC)C[C@](O)(C(F)(F)F)C2Nc1cccc2[nH]c(=O)ccc12. The van der Waals surface area contributed by atoms with Gasteiger partial charge in [0.2, 0.25) is 5.56 Å². The number of alkyl halides is 3. The number of aromatic hydroxyl groups is 1. The first kappa shape index (κ1) is 23.1. The molecule has 1 aliphatic carbocycles. The second-order valence-electron chi connectivity index (χ2n) is 8.44. The molecule has 176 valence electrons. The van der Waals surface area contributed by atoms with Crippen molar-refractivity contribution in [1.29, 1.82) is 0 Å². The van der Waals surface area contributed by atoms with E-state index in [1.165, 1.54) is 18.2 Å². The van der Waals surface area contributed by atoms with Crippen molar-refractivity contribution >= 4 is 16.6 Å². The van der Waals surface area contributed by atoms with Gasteiger partial charge in [0.1, 0.15) is 11.6 Å². The first-order valence-corrected chi connectivity index (χ1v) is 10.7. The third-order valence-electron chi connectivity index (χ3n) is 6.58. The molecule has 4 rings (SSSR count). The van der Waals surface area contributed by atoms with Gasteiger partial charge in [0.15, 0.2) is 5.60 Å². The minimum absolute atomic E-state index is 0.0335. The van der Waals surface area contributed by atoms with Crippen molar-refractivity contribution in [3.05, 3.63) is 69.3 Å². The van der Waals surface area contributed by atoms with E-state index in [1.807, 2.05) is 0 Å². The van der Waals surface area contributed by atoms with E-state index < -0.39 is 36.0 Å². The summed E-state index contributed by atoms with van der Waals surface area (Å²) in [4.78, 5) is 14.3. The zero-order valence-electron chi connectivity index (χ0n) is 18.1. The summed E-state index contributed by atoms with van der Waals surface area (Å²) in [5.74, 6) is -2.01. The molecule has 0 amide bonds. The lowest BCUT2D eigenvalue weighted by Crippen LogP contribution is -2.55. The van der Waals surface area contributed by atoms with Gasteiger partial charge in [0.25, 0.3) is 0 Å². The molecule has 4 N–H and O–H groups in total. The topological polar surface area (TPSA) is 85.3 Å². The average molecular weight is 464 g/mol. The molecule has 0 saturated heterocycles. The third-order valence-corrected chi connectivity index (χ3v) is 6.58. The molecular formula is C24H24F4N2O3. The highest BCUT2D eigenvalue weighted by molar-refractivity contribution is 5.91. The zero-order valence-corrected chi connectivity index (χ0v) is 18.1. The van der Waals surface area contributed by atoms with Crippen molar-refractivity contribution in [3.63, 3.8) is 0 Å². The number of aromatic amines is 1. The van der Waals surface area contributed by atoms with E-state index in [0.29, 0.717) is 10.9 Å². The molecule has 9 heteroatoms. The van der Waals surface area contributed by atoms with Gasteiger partial charge in [-0.15, -0.1) is 0 Å². The molecule has 0 fully saturated rings. The van der Waals surface area contributed by atoms with Gasteiger partial charge < -0.3 is 20.5 Å². The highest BCUT2D eigenvalue weighted by atomic mass is 19.4. The van der Waals surface area contributed by atoms with Crippen LogP contribution in [0.2, 0.25) is 0 Å². The maximum atomic E-state index is 14.8. The largest absolute Gasteiger partial charge is 0.507 e. The first-order valence-electron chi connectivity index (χ1n) is 10.7. The molecule has 2 aromatic carbocycles. The van der Waals surface area contributed by atoms with E-state index in [1.54, 1.807) is 26.0 Å². The molecule has 1 heterocycles. The lowest BCUT2D eigenvalue weighted by atomic mass is 9.68. The Morgan fingerprint density at radius 2 is 1.94 bits per heavy atom. The van der Waals surface area contributed by atoms with Gasteiger partial charge in [-0.05, 0) is 55.0 Å². The van der Waals surface area contributed by atoms with Gasteiger partial charge in [0, 0.05) is 28.3 Å². The second-order valence-corrected chi connectivity index (χ2v) is 8.44. The molecule has 5 nitrogen and oxygen atoms in total. The molecule has 0 bridgehead atoms. The Labute approximate surface area is 187 Å². The van der Waals surface area contributed by atoms with Crippen LogP contribution in [0.5, 0.6) is 5.75 Å². The number of hydrogen-bond donors (Lipinski definition) is 4.